The Morgan fingerprint density at radius 3 is 2.67 bits per heavy atom. The highest BCUT2D eigenvalue weighted by Crippen LogP contribution is 2.22. The number of nitrogens with zero attached hydrogens (tertiary/aromatic N) is 2. The molecule has 0 bridgehead atoms. The summed E-state index contributed by atoms with van der Waals surface area (Å²) in [4.78, 5) is 20.8. The lowest BCUT2D eigenvalue weighted by atomic mass is 10.3. The highest BCUT2D eigenvalue weighted by atomic mass is 127. The van der Waals surface area contributed by atoms with Crippen molar-refractivity contribution in [3.63, 3.8) is 0 Å². The van der Waals surface area contributed by atoms with Gasteiger partial charge in [-0.25, -0.2) is 4.98 Å². The average Bonchev–Trinajstić information content (AvgIpc) is 2.49. The Hall–Kier alpha value is -1.73. The number of hydrogen-bond acceptors (Lipinski definition) is 3. The molecule has 3 rings (SSSR count). The van der Waals surface area contributed by atoms with E-state index in [2.05, 4.69) is 37.9 Å². The maximum absolute atomic E-state index is 12.2. The zero-order valence-electron chi connectivity index (χ0n) is 10.7. The van der Waals surface area contributed by atoms with Crippen molar-refractivity contribution in [3.05, 3.63) is 62.9 Å². The largest absolute Gasteiger partial charge is 0.320 e. The van der Waals surface area contributed by atoms with Crippen molar-refractivity contribution in [1.82, 2.24) is 9.97 Å². The Morgan fingerprint density at radius 1 is 1.14 bits per heavy atom. The fourth-order valence-electron chi connectivity index (χ4n) is 1.84. The highest BCUT2D eigenvalue weighted by molar-refractivity contribution is 14.1. The Balaban J connectivity index is 1.89. The molecule has 0 fully saturated rings. The van der Waals surface area contributed by atoms with Gasteiger partial charge in [0.1, 0.15) is 5.69 Å². The summed E-state index contributed by atoms with van der Waals surface area (Å²) in [5.74, 6) is -0.298. The topological polar surface area (TPSA) is 54.9 Å². The van der Waals surface area contributed by atoms with E-state index in [1.165, 1.54) is 6.20 Å². The highest BCUT2D eigenvalue weighted by Gasteiger charge is 2.11. The first kappa shape index (κ1) is 14.2. The molecule has 3 aromatic rings. The summed E-state index contributed by atoms with van der Waals surface area (Å²) in [6.45, 7) is 0. The van der Waals surface area contributed by atoms with Crippen LogP contribution in [0.5, 0.6) is 0 Å². The van der Waals surface area contributed by atoms with Crippen LogP contribution in [-0.4, -0.2) is 15.9 Å². The lowest BCUT2D eigenvalue weighted by molar-refractivity contribution is 0.102. The van der Waals surface area contributed by atoms with E-state index in [9.17, 15) is 4.79 Å². The lowest BCUT2D eigenvalue weighted by Gasteiger charge is -2.07. The Labute approximate surface area is 139 Å². The molecular formula is C15H9ClIN3O. The number of hydrogen-bond donors (Lipinski definition) is 1. The van der Waals surface area contributed by atoms with Crippen LogP contribution in [-0.2, 0) is 0 Å². The summed E-state index contributed by atoms with van der Waals surface area (Å²) in [7, 11) is 0. The molecule has 4 nitrogen and oxygen atoms in total. The fourth-order valence-corrected chi connectivity index (χ4v) is 2.85. The number of rotatable bonds is 2. The minimum absolute atomic E-state index is 0.277. The van der Waals surface area contributed by atoms with Crippen LogP contribution in [0.1, 0.15) is 10.5 Å². The minimum Gasteiger partial charge on any atom is -0.320 e. The molecule has 1 aromatic heterocycles. The van der Waals surface area contributed by atoms with Crippen LogP contribution < -0.4 is 5.32 Å². The molecule has 0 saturated heterocycles. The standard InChI is InChI=1S/C15H9ClIN3O/c16-9-5-6-11(10(17)7-9)20-15(21)14-8-18-12-3-1-2-4-13(12)19-14/h1-8H,(H,20,21). The number of amides is 1. The first-order valence-electron chi connectivity index (χ1n) is 6.12. The van der Waals surface area contributed by atoms with Crippen LogP contribution in [0.15, 0.2) is 48.7 Å². The van der Waals surface area contributed by atoms with Crippen molar-refractivity contribution in [2.75, 3.05) is 5.32 Å². The molecule has 1 N–H and O–H groups in total. The average molecular weight is 410 g/mol. The number of halogens is 2. The van der Waals surface area contributed by atoms with E-state index in [4.69, 9.17) is 11.6 Å². The quantitative estimate of drug-likeness (QED) is 0.647. The molecule has 0 spiro atoms. The molecule has 0 aliphatic carbocycles. The zero-order chi connectivity index (χ0) is 14.8. The Morgan fingerprint density at radius 2 is 1.90 bits per heavy atom. The SMILES string of the molecule is O=C(Nc1ccc(Cl)cc1I)c1cnc2ccccc2n1. The zero-order valence-corrected chi connectivity index (χ0v) is 13.6. The number of anilines is 1. The third-order valence-electron chi connectivity index (χ3n) is 2.86. The van der Waals surface area contributed by atoms with Crippen LogP contribution in [0.4, 0.5) is 5.69 Å². The van der Waals surface area contributed by atoms with E-state index >= 15 is 0 Å². The summed E-state index contributed by atoms with van der Waals surface area (Å²) in [5.41, 5.74) is 2.42. The first-order valence-corrected chi connectivity index (χ1v) is 7.57. The van der Waals surface area contributed by atoms with Crippen molar-refractivity contribution in [1.29, 1.82) is 0 Å². The Kier molecular flexibility index (Phi) is 4.03. The van der Waals surface area contributed by atoms with Gasteiger partial charge in [-0.1, -0.05) is 23.7 Å². The van der Waals surface area contributed by atoms with Crippen molar-refractivity contribution < 1.29 is 4.79 Å². The molecule has 0 saturated carbocycles. The monoisotopic (exact) mass is 409 g/mol. The van der Waals surface area contributed by atoms with E-state index in [0.717, 1.165) is 9.09 Å². The molecule has 1 amide bonds. The maximum Gasteiger partial charge on any atom is 0.275 e. The predicted octanol–water partition coefficient (Wildman–Crippen LogP) is 4.14. The number of aromatic nitrogens is 2. The van der Waals surface area contributed by atoms with Crippen LogP contribution in [0.3, 0.4) is 0 Å². The lowest BCUT2D eigenvalue weighted by Crippen LogP contribution is -2.14. The molecule has 21 heavy (non-hydrogen) atoms. The second-order valence-corrected chi connectivity index (χ2v) is 5.92. The van der Waals surface area contributed by atoms with Gasteiger partial charge >= 0.3 is 0 Å². The first-order chi connectivity index (χ1) is 10.1. The Bertz CT molecular complexity index is 838. The van der Waals surface area contributed by atoms with Crippen molar-refractivity contribution >= 4 is 56.8 Å². The molecule has 0 aliphatic heterocycles. The van der Waals surface area contributed by atoms with Crippen LogP contribution >= 0.6 is 34.2 Å². The maximum atomic E-state index is 12.2. The van der Waals surface area contributed by atoms with Crippen molar-refractivity contribution in [3.8, 4) is 0 Å². The van der Waals surface area contributed by atoms with E-state index in [1.54, 1.807) is 18.2 Å². The van der Waals surface area contributed by atoms with Gasteiger partial charge in [0.25, 0.3) is 5.91 Å². The number of carbonyl (C=O) groups excluding carboxylic acids is 1. The van der Waals surface area contributed by atoms with Gasteiger partial charge in [0.2, 0.25) is 0 Å². The van der Waals surface area contributed by atoms with Gasteiger partial charge in [-0.3, -0.25) is 9.78 Å². The molecular weight excluding hydrogens is 401 g/mol. The second-order valence-electron chi connectivity index (χ2n) is 4.32. The number of para-hydroxylation sites is 2. The minimum atomic E-state index is -0.298. The molecule has 6 heteroatoms. The summed E-state index contributed by atoms with van der Waals surface area (Å²) in [5, 5.41) is 3.44. The second kappa shape index (κ2) is 5.95. The normalized spacial score (nSPS) is 10.6. The number of fused-ring (bicyclic) bond motifs is 1. The smallest absolute Gasteiger partial charge is 0.275 e. The predicted molar refractivity (Wildman–Crippen MR) is 91.7 cm³/mol. The number of benzene rings is 2. The van der Waals surface area contributed by atoms with E-state index in [1.807, 2.05) is 24.3 Å². The van der Waals surface area contributed by atoms with Gasteiger partial charge < -0.3 is 5.32 Å². The third-order valence-corrected chi connectivity index (χ3v) is 3.99. The van der Waals surface area contributed by atoms with E-state index < -0.39 is 0 Å². The number of nitrogens with one attached hydrogen (secondary N) is 1. The third kappa shape index (κ3) is 3.14. The van der Waals surface area contributed by atoms with Gasteiger partial charge in [-0.2, -0.15) is 0 Å². The molecule has 104 valence electrons. The molecule has 0 unspecified atom stereocenters. The van der Waals surface area contributed by atoms with Crippen molar-refractivity contribution in [2.45, 2.75) is 0 Å². The van der Waals surface area contributed by atoms with Gasteiger partial charge in [-0.15, -0.1) is 0 Å². The van der Waals surface area contributed by atoms with Gasteiger partial charge in [-0.05, 0) is 52.9 Å². The fraction of sp³-hybridized carbons (Fsp3) is 0. The van der Waals surface area contributed by atoms with Gasteiger partial charge in [0.05, 0.1) is 22.9 Å². The molecule has 1 heterocycles. The summed E-state index contributed by atoms with van der Waals surface area (Å²) < 4.78 is 0.863. The van der Waals surface area contributed by atoms with Crippen LogP contribution in [0, 0.1) is 3.57 Å². The summed E-state index contributed by atoms with van der Waals surface area (Å²) in [6, 6.07) is 12.7. The van der Waals surface area contributed by atoms with Crippen LogP contribution in [0.2, 0.25) is 5.02 Å². The molecule has 2 aromatic carbocycles. The summed E-state index contributed by atoms with van der Waals surface area (Å²) in [6.07, 6.45) is 1.47. The molecule has 0 aliphatic rings. The van der Waals surface area contributed by atoms with Crippen molar-refractivity contribution in [2.24, 2.45) is 0 Å². The van der Waals surface area contributed by atoms with E-state index in [-0.39, 0.29) is 11.6 Å². The van der Waals surface area contributed by atoms with Gasteiger partial charge in [0.15, 0.2) is 0 Å². The van der Waals surface area contributed by atoms with Gasteiger partial charge in [0, 0.05) is 8.59 Å². The summed E-state index contributed by atoms with van der Waals surface area (Å²) >= 11 is 8.01. The molecule has 0 atom stereocenters. The number of carbonyl (C=O) groups is 1. The van der Waals surface area contributed by atoms with Crippen LogP contribution in [0.25, 0.3) is 11.0 Å². The van der Waals surface area contributed by atoms with E-state index in [0.29, 0.717) is 16.2 Å². The molecule has 0 radical (unpaired) electrons.